The Hall–Kier alpha value is -3.57. The van der Waals surface area contributed by atoms with Crippen molar-refractivity contribution in [2.45, 2.75) is 13.3 Å². The Morgan fingerprint density at radius 2 is 1.63 bits per heavy atom. The SMILES string of the molecule is Cc1ccc(NC(=O)c2nnc(-c3ccc(NC(=O)CC#N)cc3)s2)cc1. The number of rotatable bonds is 5. The Balaban J connectivity index is 1.68. The summed E-state index contributed by atoms with van der Waals surface area (Å²) in [5.41, 5.74) is 3.17. The Labute approximate surface area is 159 Å². The van der Waals surface area contributed by atoms with Gasteiger partial charge in [0.2, 0.25) is 10.9 Å². The number of hydrogen-bond acceptors (Lipinski definition) is 6. The molecule has 3 rings (SSSR count). The number of nitriles is 1. The van der Waals surface area contributed by atoms with E-state index < -0.39 is 0 Å². The third kappa shape index (κ3) is 4.74. The molecular weight excluding hydrogens is 362 g/mol. The topological polar surface area (TPSA) is 108 Å². The molecule has 134 valence electrons. The van der Waals surface area contributed by atoms with Gasteiger partial charge in [-0.15, -0.1) is 10.2 Å². The molecule has 0 saturated carbocycles. The number of carbonyl (C=O) groups is 2. The van der Waals surface area contributed by atoms with Crippen molar-refractivity contribution in [1.29, 1.82) is 5.26 Å². The lowest BCUT2D eigenvalue weighted by atomic mass is 10.2. The number of nitrogens with zero attached hydrogens (tertiary/aromatic N) is 3. The van der Waals surface area contributed by atoms with Crippen molar-refractivity contribution in [3.8, 4) is 16.6 Å². The van der Waals surface area contributed by atoms with E-state index in [1.807, 2.05) is 31.2 Å². The maximum absolute atomic E-state index is 12.3. The molecule has 27 heavy (non-hydrogen) atoms. The molecule has 0 aliphatic rings. The van der Waals surface area contributed by atoms with Crippen molar-refractivity contribution < 1.29 is 9.59 Å². The summed E-state index contributed by atoms with van der Waals surface area (Å²) < 4.78 is 0. The first-order valence-corrected chi connectivity index (χ1v) is 8.85. The van der Waals surface area contributed by atoms with Crippen LogP contribution in [-0.2, 0) is 4.79 Å². The molecule has 0 fully saturated rings. The Morgan fingerprint density at radius 3 is 2.30 bits per heavy atom. The van der Waals surface area contributed by atoms with E-state index in [1.165, 1.54) is 11.3 Å². The number of aryl methyl sites for hydroxylation is 1. The van der Waals surface area contributed by atoms with Crippen LogP contribution >= 0.6 is 11.3 Å². The molecule has 2 N–H and O–H groups in total. The van der Waals surface area contributed by atoms with Gasteiger partial charge in [0.05, 0.1) is 6.07 Å². The Bertz CT molecular complexity index is 1000. The summed E-state index contributed by atoms with van der Waals surface area (Å²) in [7, 11) is 0. The molecular formula is C19H15N5O2S. The van der Waals surface area contributed by atoms with Crippen molar-refractivity contribution in [2.24, 2.45) is 0 Å². The molecule has 0 radical (unpaired) electrons. The fourth-order valence-electron chi connectivity index (χ4n) is 2.23. The zero-order chi connectivity index (χ0) is 19.2. The number of amides is 2. The van der Waals surface area contributed by atoms with Crippen LogP contribution in [0.3, 0.4) is 0 Å². The lowest BCUT2D eigenvalue weighted by molar-refractivity contribution is -0.115. The molecule has 0 bridgehead atoms. The molecule has 0 aliphatic heterocycles. The number of hydrogen-bond donors (Lipinski definition) is 2. The number of anilines is 2. The van der Waals surface area contributed by atoms with E-state index in [0.717, 1.165) is 11.1 Å². The van der Waals surface area contributed by atoms with Crippen LogP contribution < -0.4 is 10.6 Å². The van der Waals surface area contributed by atoms with Gasteiger partial charge in [-0.1, -0.05) is 29.0 Å². The zero-order valence-corrected chi connectivity index (χ0v) is 15.2. The summed E-state index contributed by atoms with van der Waals surface area (Å²) >= 11 is 1.18. The van der Waals surface area contributed by atoms with Gasteiger partial charge in [0.1, 0.15) is 11.4 Å². The standard InChI is InChI=1S/C19H15N5O2S/c1-12-2-6-15(7-3-12)22-17(26)19-24-23-18(27-19)13-4-8-14(9-5-13)21-16(25)10-11-20/h2-9H,10H2,1H3,(H,21,25)(H,22,26). The van der Waals surface area contributed by atoms with Crippen LogP contribution in [0.25, 0.3) is 10.6 Å². The maximum Gasteiger partial charge on any atom is 0.286 e. The van der Waals surface area contributed by atoms with Gasteiger partial charge in [-0.05, 0) is 43.3 Å². The lowest BCUT2D eigenvalue weighted by Crippen LogP contribution is -2.11. The van der Waals surface area contributed by atoms with Gasteiger partial charge in [-0.25, -0.2) is 0 Å². The van der Waals surface area contributed by atoms with Crippen molar-refractivity contribution >= 4 is 34.5 Å². The van der Waals surface area contributed by atoms with Crippen LogP contribution in [0.15, 0.2) is 48.5 Å². The van der Waals surface area contributed by atoms with Crippen LogP contribution in [0.1, 0.15) is 21.8 Å². The van der Waals surface area contributed by atoms with Gasteiger partial charge >= 0.3 is 0 Å². The highest BCUT2D eigenvalue weighted by molar-refractivity contribution is 7.16. The fourth-order valence-corrected chi connectivity index (χ4v) is 2.97. The molecule has 2 amide bonds. The van der Waals surface area contributed by atoms with Crippen molar-refractivity contribution in [3.05, 3.63) is 59.1 Å². The number of nitrogens with one attached hydrogen (secondary N) is 2. The van der Waals surface area contributed by atoms with E-state index >= 15 is 0 Å². The van der Waals surface area contributed by atoms with Crippen LogP contribution in [-0.4, -0.2) is 22.0 Å². The first-order chi connectivity index (χ1) is 13.0. The molecule has 7 nitrogen and oxygen atoms in total. The maximum atomic E-state index is 12.3. The summed E-state index contributed by atoms with van der Waals surface area (Å²) in [5.74, 6) is -0.681. The highest BCUT2D eigenvalue weighted by Crippen LogP contribution is 2.25. The van der Waals surface area contributed by atoms with Crippen LogP contribution in [0.2, 0.25) is 0 Å². The summed E-state index contributed by atoms with van der Waals surface area (Å²) in [6, 6.07) is 16.2. The monoisotopic (exact) mass is 377 g/mol. The minimum absolute atomic E-state index is 0.197. The summed E-state index contributed by atoms with van der Waals surface area (Å²) in [6.07, 6.45) is -0.197. The number of benzene rings is 2. The quantitative estimate of drug-likeness (QED) is 0.706. The average Bonchev–Trinajstić information content (AvgIpc) is 3.15. The highest BCUT2D eigenvalue weighted by Gasteiger charge is 2.14. The van der Waals surface area contributed by atoms with Crippen LogP contribution in [0.4, 0.5) is 11.4 Å². The van der Waals surface area contributed by atoms with Crippen LogP contribution in [0.5, 0.6) is 0 Å². The summed E-state index contributed by atoms with van der Waals surface area (Å²) in [4.78, 5) is 23.7. The molecule has 3 aromatic rings. The lowest BCUT2D eigenvalue weighted by Gasteiger charge is -2.03. The van der Waals surface area contributed by atoms with E-state index in [9.17, 15) is 9.59 Å². The molecule has 0 saturated heterocycles. The average molecular weight is 377 g/mol. The molecule has 0 spiro atoms. The third-order valence-electron chi connectivity index (χ3n) is 3.58. The van der Waals surface area contributed by atoms with Gasteiger partial charge in [-0.3, -0.25) is 9.59 Å². The minimum Gasteiger partial charge on any atom is -0.325 e. The van der Waals surface area contributed by atoms with Crippen LogP contribution in [0, 0.1) is 18.3 Å². The second kappa shape index (κ2) is 8.21. The van der Waals surface area contributed by atoms with Gasteiger partial charge in [0, 0.05) is 16.9 Å². The second-order valence-corrected chi connectivity index (χ2v) is 6.67. The van der Waals surface area contributed by atoms with Crippen molar-refractivity contribution in [2.75, 3.05) is 10.6 Å². The number of aromatic nitrogens is 2. The summed E-state index contributed by atoms with van der Waals surface area (Å²) in [5, 5.41) is 22.8. The van der Waals surface area contributed by atoms with Gasteiger partial charge in [-0.2, -0.15) is 5.26 Å². The van der Waals surface area contributed by atoms with E-state index in [-0.39, 0.29) is 23.2 Å². The Kier molecular flexibility index (Phi) is 5.54. The van der Waals surface area contributed by atoms with E-state index in [2.05, 4.69) is 20.8 Å². The smallest absolute Gasteiger partial charge is 0.286 e. The predicted molar refractivity (Wildman–Crippen MR) is 103 cm³/mol. The van der Waals surface area contributed by atoms with E-state index in [1.54, 1.807) is 30.3 Å². The Morgan fingerprint density at radius 1 is 1.00 bits per heavy atom. The first kappa shape index (κ1) is 18.2. The molecule has 0 atom stereocenters. The molecule has 1 aromatic heterocycles. The fraction of sp³-hybridized carbons (Fsp3) is 0.105. The van der Waals surface area contributed by atoms with E-state index in [4.69, 9.17) is 5.26 Å². The van der Waals surface area contributed by atoms with Crippen molar-refractivity contribution in [1.82, 2.24) is 10.2 Å². The third-order valence-corrected chi connectivity index (χ3v) is 4.55. The zero-order valence-electron chi connectivity index (χ0n) is 14.4. The molecule has 1 heterocycles. The van der Waals surface area contributed by atoms with Gasteiger partial charge in [0.15, 0.2) is 0 Å². The highest BCUT2D eigenvalue weighted by atomic mass is 32.1. The second-order valence-electron chi connectivity index (χ2n) is 5.69. The first-order valence-electron chi connectivity index (χ1n) is 8.04. The predicted octanol–water partition coefficient (Wildman–Crippen LogP) is 3.62. The molecule has 0 aliphatic carbocycles. The van der Waals surface area contributed by atoms with Gasteiger partial charge < -0.3 is 10.6 Å². The normalized spacial score (nSPS) is 10.1. The van der Waals surface area contributed by atoms with Crippen molar-refractivity contribution in [3.63, 3.8) is 0 Å². The largest absolute Gasteiger partial charge is 0.325 e. The number of carbonyl (C=O) groups excluding carboxylic acids is 2. The molecule has 8 heteroatoms. The molecule has 2 aromatic carbocycles. The summed E-state index contributed by atoms with van der Waals surface area (Å²) in [6.45, 7) is 1.98. The van der Waals surface area contributed by atoms with Gasteiger partial charge in [0.25, 0.3) is 5.91 Å². The van der Waals surface area contributed by atoms with E-state index in [0.29, 0.717) is 16.4 Å². The minimum atomic E-state index is -0.365. The molecule has 0 unspecified atom stereocenters.